The van der Waals surface area contributed by atoms with Crippen molar-refractivity contribution in [2.45, 2.75) is 57.4 Å². The lowest BCUT2D eigenvalue weighted by atomic mass is 9.68. The van der Waals surface area contributed by atoms with Gasteiger partial charge in [0, 0.05) is 25.7 Å². The van der Waals surface area contributed by atoms with Gasteiger partial charge in [0.15, 0.2) is 0 Å². The molecule has 0 aromatic heterocycles. The summed E-state index contributed by atoms with van der Waals surface area (Å²) in [5.74, 6) is 0.989. The Kier molecular flexibility index (Phi) is 5.27. The van der Waals surface area contributed by atoms with Gasteiger partial charge in [0.05, 0.1) is 0 Å². The van der Waals surface area contributed by atoms with E-state index in [1.807, 2.05) is 12.1 Å². The van der Waals surface area contributed by atoms with Gasteiger partial charge in [-0.15, -0.1) is 0 Å². The SMILES string of the molecule is CC1CN(CCNC2CCCC2)CCC1(C)c1cccc(O)c1. The monoisotopic (exact) mass is 316 g/mol. The summed E-state index contributed by atoms with van der Waals surface area (Å²) >= 11 is 0. The zero-order chi connectivity index (χ0) is 16.3. The topological polar surface area (TPSA) is 35.5 Å². The van der Waals surface area contributed by atoms with E-state index >= 15 is 0 Å². The van der Waals surface area contributed by atoms with Crippen LogP contribution in [0.25, 0.3) is 0 Å². The Morgan fingerprint density at radius 3 is 2.78 bits per heavy atom. The van der Waals surface area contributed by atoms with Gasteiger partial charge in [-0.1, -0.05) is 38.8 Å². The van der Waals surface area contributed by atoms with Crippen molar-refractivity contribution < 1.29 is 5.11 Å². The molecule has 3 rings (SSSR count). The minimum atomic E-state index is 0.175. The molecule has 3 heteroatoms. The maximum Gasteiger partial charge on any atom is 0.115 e. The maximum absolute atomic E-state index is 9.80. The Balaban J connectivity index is 1.52. The molecular weight excluding hydrogens is 284 g/mol. The molecule has 23 heavy (non-hydrogen) atoms. The number of piperidine rings is 1. The molecule has 0 amide bonds. The number of aromatic hydroxyl groups is 1. The molecule has 1 heterocycles. The largest absolute Gasteiger partial charge is 0.508 e. The Bertz CT molecular complexity index is 512. The van der Waals surface area contributed by atoms with Crippen molar-refractivity contribution in [3.05, 3.63) is 29.8 Å². The first-order chi connectivity index (χ1) is 11.1. The first kappa shape index (κ1) is 16.8. The molecule has 2 fully saturated rings. The van der Waals surface area contributed by atoms with E-state index in [1.54, 1.807) is 6.07 Å². The third kappa shape index (κ3) is 3.89. The van der Waals surface area contributed by atoms with Crippen LogP contribution in [0, 0.1) is 5.92 Å². The molecule has 3 nitrogen and oxygen atoms in total. The van der Waals surface area contributed by atoms with Crippen LogP contribution in [0.3, 0.4) is 0 Å². The van der Waals surface area contributed by atoms with Crippen molar-refractivity contribution in [1.29, 1.82) is 0 Å². The molecule has 128 valence electrons. The molecule has 1 aliphatic carbocycles. The van der Waals surface area contributed by atoms with E-state index in [0.29, 0.717) is 11.7 Å². The van der Waals surface area contributed by atoms with Crippen molar-refractivity contribution in [2.75, 3.05) is 26.2 Å². The number of phenolic OH excluding ortho intramolecular Hbond substituents is 1. The number of rotatable bonds is 5. The molecule has 2 unspecified atom stereocenters. The zero-order valence-electron chi connectivity index (χ0n) is 14.7. The molecule has 2 aliphatic rings. The Hall–Kier alpha value is -1.06. The number of hydrogen-bond donors (Lipinski definition) is 2. The minimum Gasteiger partial charge on any atom is -0.508 e. The Morgan fingerprint density at radius 1 is 1.30 bits per heavy atom. The molecule has 1 saturated heterocycles. The zero-order valence-corrected chi connectivity index (χ0v) is 14.7. The van der Waals surface area contributed by atoms with E-state index in [1.165, 1.54) is 37.7 Å². The fourth-order valence-electron chi connectivity index (χ4n) is 4.37. The molecule has 2 N–H and O–H groups in total. The van der Waals surface area contributed by atoms with Gasteiger partial charge in [0.2, 0.25) is 0 Å². The smallest absolute Gasteiger partial charge is 0.115 e. The van der Waals surface area contributed by atoms with Crippen LogP contribution in [0.5, 0.6) is 5.75 Å². The van der Waals surface area contributed by atoms with E-state index in [-0.39, 0.29) is 5.41 Å². The van der Waals surface area contributed by atoms with Crippen LogP contribution in [0.1, 0.15) is 51.5 Å². The highest BCUT2D eigenvalue weighted by Crippen LogP contribution is 2.40. The maximum atomic E-state index is 9.80. The van der Waals surface area contributed by atoms with Crippen LogP contribution in [-0.2, 0) is 5.41 Å². The van der Waals surface area contributed by atoms with Crippen LogP contribution >= 0.6 is 0 Å². The summed E-state index contributed by atoms with van der Waals surface area (Å²) in [6.07, 6.45) is 6.71. The highest BCUT2D eigenvalue weighted by molar-refractivity contribution is 5.33. The number of nitrogens with zero attached hydrogens (tertiary/aromatic N) is 1. The van der Waals surface area contributed by atoms with Gasteiger partial charge in [-0.3, -0.25) is 0 Å². The molecule has 2 atom stereocenters. The molecule has 0 radical (unpaired) electrons. The molecule has 1 saturated carbocycles. The first-order valence-electron chi connectivity index (χ1n) is 9.33. The van der Waals surface area contributed by atoms with Gasteiger partial charge in [0.1, 0.15) is 5.75 Å². The molecular formula is C20H32N2O. The van der Waals surface area contributed by atoms with E-state index in [2.05, 4.69) is 30.1 Å². The highest BCUT2D eigenvalue weighted by atomic mass is 16.3. The summed E-state index contributed by atoms with van der Waals surface area (Å²) in [4.78, 5) is 2.61. The normalized spacial score (nSPS) is 29.9. The van der Waals surface area contributed by atoms with Crippen LogP contribution in [-0.4, -0.2) is 42.2 Å². The third-order valence-electron chi connectivity index (χ3n) is 6.29. The summed E-state index contributed by atoms with van der Waals surface area (Å²) in [7, 11) is 0. The molecule has 1 aromatic carbocycles. The van der Waals surface area contributed by atoms with Crippen molar-refractivity contribution in [1.82, 2.24) is 10.2 Å². The van der Waals surface area contributed by atoms with Crippen molar-refractivity contribution in [3.8, 4) is 5.75 Å². The number of hydrogen-bond acceptors (Lipinski definition) is 3. The molecule has 0 spiro atoms. The molecule has 1 aromatic rings. The second-order valence-electron chi connectivity index (χ2n) is 7.85. The highest BCUT2D eigenvalue weighted by Gasteiger charge is 2.37. The number of phenols is 1. The van der Waals surface area contributed by atoms with Gasteiger partial charge < -0.3 is 15.3 Å². The number of likely N-dealkylation sites (tertiary alicyclic amines) is 1. The van der Waals surface area contributed by atoms with Gasteiger partial charge in [-0.25, -0.2) is 0 Å². The lowest BCUT2D eigenvalue weighted by molar-refractivity contribution is 0.111. The number of nitrogens with one attached hydrogen (secondary N) is 1. The standard InChI is InChI=1S/C20H32N2O/c1-16-15-22(13-11-21-18-7-3-4-8-18)12-10-20(16,2)17-6-5-9-19(23)14-17/h5-6,9,14,16,18,21,23H,3-4,7-8,10-13,15H2,1-2H3. The second-order valence-corrected chi connectivity index (χ2v) is 7.85. The summed E-state index contributed by atoms with van der Waals surface area (Å²) in [5, 5.41) is 13.5. The van der Waals surface area contributed by atoms with E-state index < -0.39 is 0 Å². The lowest BCUT2D eigenvalue weighted by Crippen LogP contribution is -2.49. The second kappa shape index (κ2) is 7.23. The first-order valence-corrected chi connectivity index (χ1v) is 9.33. The van der Waals surface area contributed by atoms with E-state index in [4.69, 9.17) is 0 Å². The van der Waals surface area contributed by atoms with Crippen LogP contribution < -0.4 is 5.32 Å². The van der Waals surface area contributed by atoms with Gasteiger partial charge in [0.25, 0.3) is 0 Å². The minimum absolute atomic E-state index is 0.175. The summed E-state index contributed by atoms with van der Waals surface area (Å²) < 4.78 is 0. The predicted octanol–water partition coefficient (Wildman–Crippen LogP) is 3.52. The van der Waals surface area contributed by atoms with E-state index in [9.17, 15) is 5.11 Å². The summed E-state index contributed by atoms with van der Waals surface area (Å²) in [5.41, 5.74) is 1.46. The Morgan fingerprint density at radius 2 is 2.09 bits per heavy atom. The lowest BCUT2D eigenvalue weighted by Gasteiger charge is -2.45. The van der Waals surface area contributed by atoms with Gasteiger partial charge >= 0.3 is 0 Å². The Labute approximate surface area is 141 Å². The fourth-order valence-corrected chi connectivity index (χ4v) is 4.37. The van der Waals surface area contributed by atoms with E-state index in [0.717, 1.165) is 32.2 Å². The average Bonchev–Trinajstić information content (AvgIpc) is 3.04. The molecule has 1 aliphatic heterocycles. The van der Waals surface area contributed by atoms with Crippen LogP contribution in [0.15, 0.2) is 24.3 Å². The quantitative estimate of drug-likeness (QED) is 0.872. The third-order valence-corrected chi connectivity index (χ3v) is 6.29. The van der Waals surface area contributed by atoms with Gasteiger partial charge in [-0.2, -0.15) is 0 Å². The summed E-state index contributed by atoms with van der Waals surface area (Å²) in [6.45, 7) is 9.32. The van der Waals surface area contributed by atoms with Crippen LogP contribution in [0.2, 0.25) is 0 Å². The van der Waals surface area contributed by atoms with Crippen molar-refractivity contribution >= 4 is 0 Å². The van der Waals surface area contributed by atoms with Crippen LogP contribution in [0.4, 0.5) is 0 Å². The average molecular weight is 316 g/mol. The predicted molar refractivity (Wildman–Crippen MR) is 95.9 cm³/mol. The van der Waals surface area contributed by atoms with Crippen molar-refractivity contribution in [3.63, 3.8) is 0 Å². The van der Waals surface area contributed by atoms with Gasteiger partial charge in [-0.05, 0) is 54.8 Å². The fraction of sp³-hybridized carbons (Fsp3) is 0.700. The summed E-state index contributed by atoms with van der Waals surface area (Å²) in [6, 6.07) is 8.64. The number of benzene rings is 1. The molecule has 0 bridgehead atoms. The van der Waals surface area contributed by atoms with Crippen molar-refractivity contribution in [2.24, 2.45) is 5.92 Å².